The van der Waals surface area contributed by atoms with E-state index in [0.29, 0.717) is 35.4 Å². The van der Waals surface area contributed by atoms with Gasteiger partial charge in [0.25, 0.3) is 0 Å². The molecular formula is C23H22N4O4S2. The third-order valence-electron chi connectivity index (χ3n) is 5.86. The number of sulfonamides is 1. The van der Waals surface area contributed by atoms with E-state index in [1.165, 1.54) is 27.8 Å². The van der Waals surface area contributed by atoms with E-state index in [1.54, 1.807) is 18.2 Å². The highest BCUT2D eigenvalue weighted by Crippen LogP contribution is 2.29. The van der Waals surface area contributed by atoms with Crippen LogP contribution >= 0.6 is 11.3 Å². The first-order valence-corrected chi connectivity index (χ1v) is 12.9. The van der Waals surface area contributed by atoms with Gasteiger partial charge in [-0.2, -0.15) is 4.31 Å². The molecule has 10 heteroatoms. The third kappa shape index (κ3) is 4.29. The van der Waals surface area contributed by atoms with Gasteiger partial charge in [-0.25, -0.2) is 13.4 Å². The van der Waals surface area contributed by atoms with Crippen molar-refractivity contribution in [2.24, 2.45) is 5.92 Å². The number of aryl methyl sites for hydroxylation is 1. The fraction of sp³-hybridized carbons (Fsp3) is 0.261. The SMILES string of the molecule is Cc1ccc2nc(NC(=O)[C@@H]3CCCN(S(=O)(=O)c4ccc5[nH]c(=O)ccc5c4)C3)sc2c1. The van der Waals surface area contributed by atoms with Crippen molar-refractivity contribution in [2.45, 2.75) is 24.7 Å². The van der Waals surface area contributed by atoms with Crippen LogP contribution in [0, 0.1) is 12.8 Å². The normalized spacial score (nSPS) is 17.4. The maximum Gasteiger partial charge on any atom is 0.248 e. The van der Waals surface area contributed by atoms with E-state index in [2.05, 4.69) is 15.3 Å². The van der Waals surface area contributed by atoms with Gasteiger partial charge in [0.2, 0.25) is 21.5 Å². The molecule has 2 N–H and O–H groups in total. The molecule has 5 rings (SSSR count). The highest BCUT2D eigenvalue weighted by atomic mass is 32.2. The van der Waals surface area contributed by atoms with Gasteiger partial charge in [0, 0.05) is 24.7 Å². The Labute approximate surface area is 194 Å². The summed E-state index contributed by atoms with van der Waals surface area (Å²) in [6.45, 7) is 2.47. The van der Waals surface area contributed by atoms with Crippen molar-refractivity contribution < 1.29 is 13.2 Å². The molecule has 1 amide bonds. The Morgan fingerprint density at radius 2 is 2.03 bits per heavy atom. The summed E-state index contributed by atoms with van der Waals surface area (Å²) in [6.07, 6.45) is 1.21. The Balaban J connectivity index is 1.34. The van der Waals surface area contributed by atoms with E-state index in [1.807, 2.05) is 25.1 Å². The predicted molar refractivity (Wildman–Crippen MR) is 129 cm³/mol. The number of nitrogens with one attached hydrogen (secondary N) is 2. The van der Waals surface area contributed by atoms with Crippen molar-refractivity contribution in [3.8, 4) is 0 Å². The lowest BCUT2D eigenvalue weighted by atomic mass is 9.99. The highest BCUT2D eigenvalue weighted by Gasteiger charge is 2.33. The number of benzene rings is 2. The number of amides is 1. The van der Waals surface area contributed by atoms with E-state index in [0.717, 1.165) is 15.8 Å². The van der Waals surface area contributed by atoms with E-state index in [-0.39, 0.29) is 22.9 Å². The van der Waals surface area contributed by atoms with Crippen LogP contribution < -0.4 is 10.9 Å². The average molecular weight is 483 g/mol. The lowest BCUT2D eigenvalue weighted by molar-refractivity contribution is -0.120. The van der Waals surface area contributed by atoms with Crippen LogP contribution in [0.1, 0.15) is 18.4 Å². The van der Waals surface area contributed by atoms with E-state index < -0.39 is 15.9 Å². The van der Waals surface area contributed by atoms with Crippen molar-refractivity contribution >= 4 is 53.5 Å². The monoisotopic (exact) mass is 482 g/mol. The van der Waals surface area contributed by atoms with Crippen molar-refractivity contribution in [3.63, 3.8) is 0 Å². The predicted octanol–water partition coefficient (Wildman–Crippen LogP) is 3.49. The maximum absolute atomic E-state index is 13.3. The summed E-state index contributed by atoms with van der Waals surface area (Å²) >= 11 is 1.41. The molecule has 2 aromatic carbocycles. The average Bonchev–Trinajstić information content (AvgIpc) is 3.20. The van der Waals surface area contributed by atoms with Gasteiger partial charge in [-0.05, 0) is 67.1 Å². The van der Waals surface area contributed by atoms with Crippen LogP contribution in [0.2, 0.25) is 0 Å². The third-order valence-corrected chi connectivity index (χ3v) is 8.66. The molecule has 3 heterocycles. The van der Waals surface area contributed by atoms with Crippen LogP contribution in [-0.2, 0) is 14.8 Å². The number of carbonyl (C=O) groups is 1. The Hall–Kier alpha value is -3.08. The van der Waals surface area contributed by atoms with Gasteiger partial charge in [0.1, 0.15) is 0 Å². The van der Waals surface area contributed by atoms with E-state index in [9.17, 15) is 18.0 Å². The molecule has 0 unspecified atom stereocenters. The van der Waals surface area contributed by atoms with E-state index in [4.69, 9.17) is 0 Å². The lowest BCUT2D eigenvalue weighted by Gasteiger charge is -2.31. The van der Waals surface area contributed by atoms with Gasteiger partial charge in [0.05, 0.1) is 21.0 Å². The van der Waals surface area contributed by atoms with Crippen molar-refractivity contribution in [1.29, 1.82) is 0 Å². The van der Waals surface area contributed by atoms with Crippen LogP contribution in [0.4, 0.5) is 5.13 Å². The zero-order chi connectivity index (χ0) is 23.2. The minimum Gasteiger partial charge on any atom is -0.322 e. The summed E-state index contributed by atoms with van der Waals surface area (Å²) in [6, 6.07) is 13.5. The first kappa shape index (κ1) is 21.7. The highest BCUT2D eigenvalue weighted by molar-refractivity contribution is 7.89. The number of piperidine rings is 1. The standard InChI is InChI=1S/C23H22N4O4S2/c1-14-4-7-19-20(11-14)32-23(25-19)26-22(29)16-3-2-10-27(13-16)33(30,31)17-6-8-18-15(12-17)5-9-21(28)24-18/h4-9,11-12,16H,2-3,10,13H2,1H3,(H,24,28)(H,25,26,29)/t16-/m1/s1. The van der Waals surface area contributed by atoms with Gasteiger partial charge >= 0.3 is 0 Å². The molecule has 0 radical (unpaired) electrons. The number of rotatable bonds is 4. The molecule has 1 atom stereocenters. The molecule has 0 saturated carbocycles. The van der Waals surface area contributed by atoms with Gasteiger partial charge in [0.15, 0.2) is 5.13 Å². The van der Waals surface area contributed by atoms with Crippen molar-refractivity contribution in [3.05, 3.63) is 64.4 Å². The minimum atomic E-state index is -3.78. The lowest BCUT2D eigenvalue weighted by Crippen LogP contribution is -2.43. The Morgan fingerprint density at radius 1 is 1.18 bits per heavy atom. The smallest absolute Gasteiger partial charge is 0.248 e. The van der Waals surface area contributed by atoms with Crippen molar-refractivity contribution in [1.82, 2.24) is 14.3 Å². The summed E-state index contributed by atoms with van der Waals surface area (Å²) in [5, 5.41) is 4.03. The number of H-pyrrole nitrogens is 1. The first-order chi connectivity index (χ1) is 15.8. The van der Waals surface area contributed by atoms with E-state index >= 15 is 0 Å². The zero-order valence-corrected chi connectivity index (χ0v) is 19.5. The van der Waals surface area contributed by atoms with Crippen LogP contribution in [-0.4, -0.2) is 41.7 Å². The molecular weight excluding hydrogens is 460 g/mol. The molecule has 8 nitrogen and oxygen atoms in total. The number of thiazole rings is 1. The molecule has 1 fully saturated rings. The number of hydrogen-bond acceptors (Lipinski definition) is 6. The summed E-state index contributed by atoms with van der Waals surface area (Å²) in [5.74, 6) is -0.680. The van der Waals surface area contributed by atoms with Crippen molar-refractivity contribution in [2.75, 3.05) is 18.4 Å². The minimum absolute atomic E-state index is 0.113. The van der Waals surface area contributed by atoms with Crippen LogP contribution in [0.25, 0.3) is 21.1 Å². The number of aromatic nitrogens is 2. The zero-order valence-electron chi connectivity index (χ0n) is 17.9. The summed E-state index contributed by atoms with van der Waals surface area (Å²) < 4.78 is 28.9. The fourth-order valence-electron chi connectivity index (χ4n) is 4.11. The molecule has 33 heavy (non-hydrogen) atoms. The van der Waals surface area contributed by atoms with Crippen LogP contribution in [0.3, 0.4) is 0 Å². The first-order valence-electron chi connectivity index (χ1n) is 10.6. The van der Waals surface area contributed by atoms with Crippen LogP contribution in [0.5, 0.6) is 0 Å². The van der Waals surface area contributed by atoms with Gasteiger partial charge < -0.3 is 10.3 Å². The second kappa shape index (κ2) is 8.36. The van der Waals surface area contributed by atoms with Gasteiger partial charge in [-0.15, -0.1) is 0 Å². The molecule has 2 aromatic heterocycles. The van der Waals surface area contributed by atoms with Gasteiger partial charge in [-0.1, -0.05) is 17.4 Å². The molecule has 0 spiro atoms. The Morgan fingerprint density at radius 3 is 2.88 bits per heavy atom. The second-order valence-corrected chi connectivity index (χ2v) is 11.2. The molecule has 1 saturated heterocycles. The number of fused-ring (bicyclic) bond motifs is 2. The number of anilines is 1. The number of carbonyl (C=O) groups excluding carboxylic acids is 1. The van der Waals surface area contributed by atoms with Gasteiger partial charge in [-0.3, -0.25) is 9.59 Å². The van der Waals surface area contributed by atoms with Crippen LogP contribution in [0.15, 0.2) is 58.2 Å². The molecule has 1 aliphatic rings. The molecule has 170 valence electrons. The topological polar surface area (TPSA) is 112 Å². The quantitative estimate of drug-likeness (QED) is 0.462. The summed E-state index contributed by atoms with van der Waals surface area (Å²) in [7, 11) is -3.78. The number of pyridine rings is 1. The number of aromatic amines is 1. The molecule has 4 aromatic rings. The summed E-state index contributed by atoms with van der Waals surface area (Å²) in [4.78, 5) is 31.7. The summed E-state index contributed by atoms with van der Waals surface area (Å²) in [5.41, 5.74) is 2.28. The molecule has 1 aliphatic heterocycles. The molecule has 0 bridgehead atoms. The number of hydrogen-bond donors (Lipinski definition) is 2. The maximum atomic E-state index is 13.3. The largest absolute Gasteiger partial charge is 0.322 e. The molecule has 0 aliphatic carbocycles. The number of nitrogens with zero attached hydrogens (tertiary/aromatic N) is 2. The Bertz CT molecular complexity index is 1540. The Kier molecular flexibility index (Phi) is 5.51. The fourth-order valence-corrected chi connectivity index (χ4v) is 6.64. The second-order valence-electron chi connectivity index (χ2n) is 8.25.